The number of amides is 1. The van der Waals surface area contributed by atoms with Gasteiger partial charge in [0.15, 0.2) is 5.84 Å². The Morgan fingerprint density at radius 1 is 1.46 bits per heavy atom. The van der Waals surface area contributed by atoms with Crippen molar-refractivity contribution < 1.29 is 28.9 Å². The van der Waals surface area contributed by atoms with E-state index in [0.29, 0.717) is 6.42 Å². The molecule has 0 unspecified atom stereocenters. The predicted octanol–water partition coefficient (Wildman–Crippen LogP) is 0.497. The van der Waals surface area contributed by atoms with Gasteiger partial charge in [0.05, 0.1) is 11.6 Å². The van der Waals surface area contributed by atoms with E-state index in [4.69, 9.17) is 9.84 Å². The molecule has 0 radical (unpaired) electrons. The van der Waals surface area contributed by atoms with Crippen LogP contribution in [0.3, 0.4) is 0 Å². The second-order valence-electron chi connectivity index (χ2n) is 6.95. The standard InChI is InChI=1S/C17H20FN5O5/c1-17(2,20-13(25)7-24)8-27-16-14(22-28-23-16)15(21-26)19-12-5-9-3-4-10(18)6-11(9)12/h3-4,6,12,24,26H,5,7-8H2,1-2H3,(H,19,21)(H,20,25)/t12-/m0/s1. The van der Waals surface area contributed by atoms with Crippen LogP contribution >= 0.6 is 0 Å². The molecule has 0 saturated carbocycles. The molecule has 0 saturated heterocycles. The number of hydrogen-bond donors (Lipinski definition) is 4. The van der Waals surface area contributed by atoms with E-state index in [1.54, 1.807) is 19.9 Å². The molecule has 4 N–H and O–H groups in total. The first-order valence-corrected chi connectivity index (χ1v) is 8.47. The van der Waals surface area contributed by atoms with E-state index in [1.807, 2.05) is 5.48 Å². The normalized spacial score (nSPS) is 16.2. The monoisotopic (exact) mass is 393 g/mol. The molecule has 1 aromatic carbocycles. The van der Waals surface area contributed by atoms with E-state index in [1.165, 1.54) is 12.1 Å². The fourth-order valence-corrected chi connectivity index (χ4v) is 2.78. The van der Waals surface area contributed by atoms with Crippen molar-refractivity contribution in [2.24, 2.45) is 4.99 Å². The molecular formula is C17H20FN5O5. The first-order valence-electron chi connectivity index (χ1n) is 8.47. The maximum Gasteiger partial charge on any atom is 0.287 e. The summed E-state index contributed by atoms with van der Waals surface area (Å²) in [5.74, 6) is -1.02. The quantitative estimate of drug-likeness (QED) is 0.303. The molecule has 11 heteroatoms. The van der Waals surface area contributed by atoms with Crippen molar-refractivity contribution in [3.05, 3.63) is 40.8 Å². The number of hydrogen-bond acceptors (Lipinski definition) is 8. The summed E-state index contributed by atoms with van der Waals surface area (Å²) in [5, 5.41) is 28.2. The van der Waals surface area contributed by atoms with Crippen LogP contribution in [0.15, 0.2) is 27.8 Å². The average Bonchev–Trinajstić information content (AvgIpc) is 3.11. The Morgan fingerprint density at radius 3 is 2.96 bits per heavy atom. The van der Waals surface area contributed by atoms with Gasteiger partial charge in [0.1, 0.15) is 19.0 Å². The number of rotatable bonds is 7. The lowest BCUT2D eigenvalue weighted by Gasteiger charge is -2.27. The van der Waals surface area contributed by atoms with E-state index in [0.717, 1.165) is 11.1 Å². The maximum absolute atomic E-state index is 13.4. The Bertz CT molecular complexity index is 898. The molecule has 0 aliphatic heterocycles. The lowest BCUT2D eigenvalue weighted by atomic mass is 9.83. The fraction of sp³-hybridized carbons (Fsp3) is 0.412. The molecule has 3 rings (SSSR count). The molecule has 28 heavy (non-hydrogen) atoms. The van der Waals surface area contributed by atoms with E-state index >= 15 is 0 Å². The summed E-state index contributed by atoms with van der Waals surface area (Å²) in [7, 11) is 0. The number of ether oxygens (including phenoxy) is 1. The molecule has 0 bridgehead atoms. The van der Waals surface area contributed by atoms with Gasteiger partial charge in [0.2, 0.25) is 11.6 Å². The van der Waals surface area contributed by atoms with Crippen molar-refractivity contribution in [2.75, 3.05) is 13.2 Å². The summed E-state index contributed by atoms with van der Waals surface area (Å²) in [6.07, 6.45) is 0.586. The van der Waals surface area contributed by atoms with Crippen LogP contribution in [0.1, 0.15) is 36.7 Å². The number of nitrogens with one attached hydrogen (secondary N) is 2. The van der Waals surface area contributed by atoms with Crippen LogP contribution in [0.25, 0.3) is 0 Å². The number of carbonyl (C=O) groups excluding carboxylic acids is 1. The number of carbonyl (C=O) groups is 1. The fourth-order valence-electron chi connectivity index (χ4n) is 2.78. The first kappa shape index (κ1) is 19.7. The maximum atomic E-state index is 13.4. The highest BCUT2D eigenvalue weighted by Crippen LogP contribution is 2.37. The van der Waals surface area contributed by atoms with Crippen molar-refractivity contribution in [1.82, 2.24) is 21.1 Å². The smallest absolute Gasteiger partial charge is 0.287 e. The number of hydroxylamine groups is 1. The number of aromatic nitrogens is 2. The summed E-state index contributed by atoms with van der Waals surface area (Å²) in [6.45, 7) is 2.71. The molecular weight excluding hydrogens is 373 g/mol. The Balaban J connectivity index is 1.73. The lowest BCUT2D eigenvalue weighted by Crippen LogP contribution is -2.49. The molecule has 1 heterocycles. The number of fused-ring (bicyclic) bond motifs is 1. The summed E-state index contributed by atoms with van der Waals surface area (Å²) >= 11 is 0. The summed E-state index contributed by atoms with van der Waals surface area (Å²) in [5.41, 5.74) is 2.85. The average molecular weight is 393 g/mol. The van der Waals surface area contributed by atoms with E-state index < -0.39 is 18.1 Å². The molecule has 1 aliphatic rings. The van der Waals surface area contributed by atoms with Gasteiger partial charge in [-0.05, 0) is 53.8 Å². The second kappa shape index (κ2) is 7.90. The van der Waals surface area contributed by atoms with Gasteiger partial charge in [-0.2, -0.15) is 0 Å². The molecule has 0 spiro atoms. The van der Waals surface area contributed by atoms with Gasteiger partial charge in [0.25, 0.3) is 5.88 Å². The third-order valence-electron chi connectivity index (χ3n) is 4.14. The van der Waals surface area contributed by atoms with Crippen molar-refractivity contribution in [1.29, 1.82) is 0 Å². The zero-order valence-corrected chi connectivity index (χ0v) is 15.3. The lowest BCUT2D eigenvalue weighted by molar-refractivity contribution is -0.125. The Hall–Kier alpha value is -3.05. The second-order valence-corrected chi connectivity index (χ2v) is 6.95. The molecule has 1 atom stereocenters. The number of amidine groups is 1. The third kappa shape index (κ3) is 4.26. The van der Waals surface area contributed by atoms with Gasteiger partial charge in [0, 0.05) is 0 Å². The van der Waals surface area contributed by atoms with Crippen LogP contribution in [0, 0.1) is 5.82 Å². The van der Waals surface area contributed by atoms with Gasteiger partial charge in [-0.1, -0.05) is 6.07 Å². The SMILES string of the molecule is CC(C)(COc1nonc1C(=N[C@H]1Cc2ccc(F)cc21)NO)NC(=O)CO. The van der Waals surface area contributed by atoms with E-state index in [-0.39, 0.29) is 35.9 Å². The van der Waals surface area contributed by atoms with E-state index in [2.05, 4.69) is 25.3 Å². The minimum Gasteiger partial charge on any atom is -0.471 e. The number of aliphatic hydroxyl groups is 1. The van der Waals surface area contributed by atoms with Crippen molar-refractivity contribution in [3.8, 4) is 5.88 Å². The Labute approximate surface area is 159 Å². The van der Waals surface area contributed by atoms with Crippen LogP contribution in [-0.4, -0.2) is 51.1 Å². The van der Waals surface area contributed by atoms with Crippen LogP contribution in [-0.2, 0) is 11.2 Å². The van der Waals surface area contributed by atoms with Crippen molar-refractivity contribution in [2.45, 2.75) is 31.8 Å². The largest absolute Gasteiger partial charge is 0.471 e. The first-order chi connectivity index (χ1) is 13.3. The zero-order valence-electron chi connectivity index (χ0n) is 15.3. The van der Waals surface area contributed by atoms with Crippen LogP contribution in [0.4, 0.5) is 4.39 Å². The number of aliphatic imine (C=N–C) groups is 1. The van der Waals surface area contributed by atoms with Gasteiger partial charge in [-0.15, -0.1) is 0 Å². The van der Waals surface area contributed by atoms with E-state index in [9.17, 15) is 14.4 Å². The predicted molar refractivity (Wildman–Crippen MR) is 93.4 cm³/mol. The van der Waals surface area contributed by atoms with Gasteiger partial charge in [-0.3, -0.25) is 20.5 Å². The number of nitrogens with zero attached hydrogens (tertiary/aromatic N) is 3. The van der Waals surface area contributed by atoms with Crippen molar-refractivity contribution >= 4 is 11.7 Å². The molecule has 1 aromatic heterocycles. The topological polar surface area (TPSA) is 142 Å². The number of benzene rings is 1. The third-order valence-corrected chi connectivity index (χ3v) is 4.14. The van der Waals surface area contributed by atoms with Gasteiger partial charge in [-0.25, -0.2) is 9.02 Å². The Morgan fingerprint density at radius 2 is 2.25 bits per heavy atom. The van der Waals surface area contributed by atoms with Crippen LogP contribution < -0.4 is 15.5 Å². The summed E-state index contributed by atoms with van der Waals surface area (Å²) < 4.78 is 23.6. The Kier molecular flexibility index (Phi) is 5.56. The summed E-state index contributed by atoms with van der Waals surface area (Å²) in [6, 6.07) is 4.12. The number of halogens is 1. The van der Waals surface area contributed by atoms with Crippen LogP contribution in [0.2, 0.25) is 0 Å². The molecule has 1 aliphatic carbocycles. The van der Waals surface area contributed by atoms with Gasteiger partial charge < -0.3 is 15.2 Å². The molecule has 10 nitrogen and oxygen atoms in total. The molecule has 0 fully saturated rings. The van der Waals surface area contributed by atoms with Crippen LogP contribution in [0.5, 0.6) is 5.88 Å². The van der Waals surface area contributed by atoms with Gasteiger partial charge >= 0.3 is 0 Å². The minimum atomic E-state index is -0.815. The molecule has 2 aromatic rings. The molecule has 150 valence electrons. The van der Waals surface area contributed by atoms with Crippen molar-refractivity contribution in [3.63, 3.8) is 0 Å². The molecule has 1 amide bonds. The highest BCUT2D eigenvalue weighted by atomic mass is 19.1. The highest BCUT2D eigenvalue weighted by Gasteiger charge is 2.29. The number of aliphatic hydroxyl groups excluding tert-OH is 1. The zero-order chi connectivity index (χ0) is 20.3. The summed E-state index contributed by atoms with van der Waals surface area (Å²) in [4.78, 5) is 15.7. The highest BCUT2D eigenvalue weighted by molar-refractivity contribution is 5.98. The minimum absolute atomic E-state index is 0.0177.